The van der Waals surface area contributed by atoms with Crippen molar-refractivity contribution in [3.05, 3.63) is 64.6 Å². The highest BCUT2D eigenvalue weighted by molar-refractivity contribution is 6.34. The topological polar surface area (TPSA) is 124 Å². The lowest BCUT2D eigenvalue weighted by Gasteiger charge is -2.38. The number of hydrogen-bond donors (Lipinski definition) is 3. The molecule has 252 valence electrons. The first-order valence-corrected chi connectivity index (χ1v) is 16.8. The van der Waals surface area contributed by atoms with Crippen LogP contribution in [0.3, 0.4) is 0 Å². The number of fused-ring (bicyclic) bond motifs is 1. The van der Waals surface area contributed by atoms with Crippen LogP contribution in [0.15, 0.2) is 42.6 Å². The standard InChI is InChI=1S/C35H42ClFN4O6/c1-20-16-40(17-21(2)47-20)24-13-25(19-46-26-9-7-22(8-10-26)35(44)45)41(18-24)33(42)12-23-11-29(36)32(14-30(23)37)39-34(43)28-15-38-31-6-4-3-5-27(28)31/h3-6,11,14-15,20-22,24-26,38H,7-10,12-13,16-19H2,1-2H3,(H,39,43)(H,44,45)/t20-,21+,22-,24-,25-,26-/m0/s1. The molecule has 0 radical (unpaired) electrons. The number of morpholine rings is 1. The fourth-order valence-corrected chi connectivity index (χ4v) is 7.63. The number of aromatic nitrogens is 1. The first kappa shape index (κ1) is 33.4. The number of carboxylic acids is 1. The maximum atomic E-state index is 15.5. The molecular weight excluding hydrogens is 627 g/mol. The van der Waals surface area contributed by atoms with Gasteiger partial charge < -0.3 is 29.8 Å². The number of carbonyl (C=O) groups excluding carboxylic acids is 2. The molecule has 3 heterocycles. The van der Waals surface area contributed by atoms with Gasteiger partial charge in [0.1, 0.15) is 5.82 Å². The van der Waals surface area contributed by atoms with Gasteiger partial charge in [-0.2, -0.15) is 0 Å². The number of rotatable bonds is 9. The number of amides is 2. The van der Waals surface area contributed by atoms with Crippen LogP contribution < -0.4 is 5.32 Å². The Balaban J connectivity index is 1.14. The SMILES string of the molecule is C[C@@H]1CN([C@H]2C[C@@H](CO[C@H]3CC[C@H](C(=O)O)CC3)N(C(=O)Cc3cc(Cl)c(NC(=O)c4c[nH]c5ccccc45)cc3F)C2)C[C@H](C)O1. The lowest BCUT2D eigenvalue weighted by molar-refractivity contribution is -0.144. The molecule has 1 aromatic heterocycles. The number of para-hydroxylation sites is 1. The van der Waals surface area contributed by atoms with E-state index in [0.29, 0.717) is 44.4 Å². The number of aliphatic carboxylic acids is 1. The lowest BCUT2D eigenvalue weighted by Crippen LogP contribution is -2.51. The molecule has 6 rings (SSSR count). The Morgan fingerprint density at radius 2 is 1.81 bits per heavy atom. The van der Waals surface area contributed by atoms with Gasteiger partial charge in [0.25, 0.3) is 5.91 Å². The fourth-order valence-electron chi connectivity index (χ4n) is 7.39. The molecule has 0 spiro atoms. The summed E-state index contributed by atoms with van der Waals surface area (Å²) in [7, 11) is 0. The predicted molar refractivity (Wildman–Crippen MR) is 176 cm³/mol. The van der Waals surface area contributed by atoms with Gasteiger partial charge in [-0.3, -0.25) is 19.3 Å². The number of nitrogens with one attached hydrogen (secondary N) is 2. The van der Waals surface area contributed by atoms with Gasteiger partial charge in [0.2, 0.25) is 5.91 Å². The third kappa shape index (κ3) is 7.64. The summed E-state index contributed by atoms with van der Waals surface area (Å²) in [5.41, 5.74) is 1.48. The minimum Gasteiger partial charge on any atom is -0.481 e. The first-order chi connectivity index (χ1) is 22.5. The van der Waals surface area contributed by atoms with E-state index in [1.165, 1.54) is 6.07 Å². The summed E-state index contributed by atoms with van der Waals surface area (Å²) in [5.74, 6) is -2.38. The van der Waals surface area contributed by atoms with Crippen LogP contribution in [0.25, 0.3) is 10.9 Å². The number of hydrogen-bond acceptors (Lipinski definition) is 6. The van der Waals surface area contributed by atoms with Crippen LogP contribution in [0.2, 0.25) is 5.02 Å². The summed E-state index contributed by atoms with van der Waals surface area (Å²) in [6.45, 7) is 6.45. The molecule has 3 aromatic rings. The Morgan fingerprint density at radius 1 is 1.09 bits per heavy atom. The molecule has 0 bridgehead atoms. The van der Waals surface area contributed by atoms with Crippen LogP contribution in [0.4, 0.5) is 10.1 Å². The van der Waals surface area contributed by atoms with Gasteiger partial charge in [-0.15, -0.1) is 0 Å². The van der Waals surface area contributed by atoms with Crippen LogP contribution in [-0.2, 0) is 25.5 Å². The maximum Gasteiger partial charge on any atom is 0.306 e. The summed E-state index contributed by atoms with van der Waals surface area (Å²) in [4.78, 5) is 45.5. The molecule has 2 saturated heterocycles. The van der Waals surface area contributed by atoms with Crippen molar-refractivity contribution < 1.29 is 33.4 Å². The quantitative estimate of drug-likeness (QED) is 0.275. The first-order valence-electron chi connectivity index (χ1n) is 16.4. The van der Waals surface area contributed by atoms with Crippen molar-refractivity contribution in [2.75, 3.05) is 31.6 Å². The van der Waals surface area contributed by atoms with Gasteiger partial charge in [-0.25, -0.2) is 4.39 Å². The number of carbonyl (C=O) groups is 3. The van der Waals surface area contributed by atoms with Gasteiger partial charge >= 0.3 is 5.97 Å². The van der Waals surface area contributed by atoms with Crippen molar-refractivity contribution in [3.63, 3.8) is 0 Å². The van der Waals surface area contributed by atoms with Crippen molar-refractivity contribution >= 4 is 46.0 Å². The monoisotopic (exact) mass is 668 g/mol. The fraction of sp³-hybridized carbons (Fsp3) is 0.514. The number of benzene rings is 2. The van der Waals surface area contributed by atoms with Gasteiger partial charge in [-0.1, -0.05) is 29.8 Å². The number of aromatic amines is 1. The lowest BCUT2D eigenvalue weighted by atomic mass is 9.87. The second-order valence-corrected chi connectivity index (χ2v) is 13.7. The van der Waals surface area contributed by atoms with Crippen molar-refractivity contribution in [2.45, 2.75) is 82.8 Å². The highest BCUT2D eigenvalue weighted by Gasteiger charge is 2.40. The number of halogens is 2. The summed E-state index contributed by atoms with van der Waals surface area (Å²) in [6, 6.07) is 9.86. The summed E-state index contributed by atoms with van der Waals surface area (Å²) in [6.07, 6.45) is 4.74. The Hall–Kier alpha value is -3.51. The van der Waals surface area contributed by atoms with E-state index in [4.69, 9.17) is 21.1 Å². The van der Waals surface area contributed by atoms with E-state index in [-0.39, 0.29) is 64.9 Å². The minimum absolute atomic E-state index is 0.0479. The van der Waals surface area contributed by atoms with Crippen molar-refractivity contribution in [2.24, 2.45) is 5.92 Å². The number of ether oxygens (including phenoxy) is 2. The van der Waals surface area contributed by atoms with E-state index >= 15 is 4.39 Å². The second-order valence-electron chi connectivity index (χ2n) is 13.2. The van der Waals surface area contributed by atoms with E-state index in [1.54, 1.807) is 11.1 Å². The van der Waals surface area contributed by atoms with Crippen LogP contribution in [0, 0.1) is 11.7 Å². The predicted octanol–water partition coefficient (Wildman–Crippen LogP) is 5.49. The van der Waals surface area contributed by atoms with E-state index in [9.17, 15) is 19.5 Å². The second kappa shape index (κ2) is 14.3. The summed E-state index contributed by atoms with van der Waals surface area (Å²) in [5, 5.41) is 12.9. The molecule has 3 aliphatic rings. The van der Waals surface area contributed by atoms with Crippen LogP contribution >= 0.6 is 11.6 Å². The van der Waals surface area contributed by atoms with Gasteiger partial charge in [0, 0.05) is 42.8 Å². The molecule has 2 aliphatic heterocycles. The Kier molecular flexibility index (Phi) is 10.2. The molecule has 3 N–H and O–H groups in total. The molecule has 1 aliphatic carbocycles. The van der Waals surface area contributed by atoms with Crippen LogP contribution in [0.5, 0.6) is 0 Å². The van der Waals surface area contributed by atoms with E-state index in [1.807, 2.05) is 38.1 Å². The van der Waals surface area contributed by atoms with Crippen molar-refractivity contribution in [1.29, 1.82) is 0 Å². The highest BCUT2D eigenvalue weighted by atomic mass is 35.5. The summed E-state index contributed by atoms with van der Waals surface area (Å²) >= 11 is 6.53. The Bertz CT molecular complexity index is 1610. The van der Waals surface area contributed by atoms with Gasteiger partial charge in [-0.05, 0) is 69.7 Å². The third-order valence-electron chi connectivity index (χ3n) is 9.78. The third-order valence-corrected chi connectivity index (χ3v) is 10.1. The normalized spacial score (nSPS) is 26.9. The van der Waals surface area contributed by atoms with Gasteiger partial charge in [0.05, 0.1) is 59.6 Å². The van der Waals surface area contributed by atoms with Crippen LogP contribution in [0.1, 0.15) is 61.9 Å². The van der Waals surface area contributed by atoms with E-state index < -0.39 is 17.7 Å². The maximum absolute atomic E-state index is 15.5. The zero-order valence-electron chi connectivity index (χ0n) is 26.7. The highest BCUT2D eigenvalue weighted by Crippen LogP contribution is 2.32. The molecule has 4 atom stereocenters. The molecule has 47 heavy (non-hydrogen) atoms. The van der Waals surface area contributed by atoms with Crippen molar-refractivity contribution in [1.82, 2.24) is 14.8 Å². The largest absolute Gasteiger partial charge is 0.481 e. The molecular formula is C35H42ClFN4O6. The Labute approximate surface area is 278 Å². The number of anilines is 1. The minimum atomic E-state index is -0.759. The number of H-pyrrole nitrogens is 1. The molecule has 10 nitrogen and oxygen atoms in total. The average Bonchev–Trinajstić information content (AvgIpc) is 3.67. The number of nitrogens with zero attached hydrogens (tertiary/aromatic N) is 2. The number of carboxylic acid groups (broad SMARTS) is 1. The van der Waals surface area contributed by atoms with E-state index in [0.717, 1.165) is 36.5 Å². The smallest absolute Gasteiger partial charge is 0.306 e. The molecule has 1 saturated carbocycles. The molecule has 2 amide bonds. The molecule has 2 aromatic carbocycles. The molecule has 0 unspecified atom stereocenters. The zero-order chi connectivity index (χ0) is 33.2. The molecule has 3 fully saturated rings. The average molecular weight is 669 g/mol. The zero-order valence-corrected chi connectivity index (χ0v) is 27.5. The Morgan fingerprint density at radius 3 is 2.53 bits per heavy atom. The molecule has 12 heteroatoms. The number of likely N-dealkylation sites (tertiary alicyclic amines) is 1. The van der Waals surface area contributed by atoms with Gasteiger partial charge in [0.15, 0.2) is 0 Å². The van der Waals surface area contributed by atoms with Crippen molar-refractivity contribution in [3.8, 4) is 0 Å². The van der Waals surface area contributed by atoms with E-state index in [2.05, 4.69) is 15.2 Å². The van der Waals surface area contributed by atoms with Crippen LogP contribution in [-0.4, -0.2) is 94.3 Å². The summed E-state index contributed by atoms with van der Waals surface area (Å²) < 4.78 is 27.7.